The Kier molecular flexibility index (Phi) is 6.17. The SMILES string of the molecule is CN(C)C1CCCN(C(=O)COc2ccc(-c3ccccc3)cc2Cl)C1. The highest BCUT2D eigenvalue weighted by Gasteiger charge is 2.25. The van der Waals surface area contributed by atoms with Gasteiger partial charge in [0.15, 0.2) is 6.61 Å². The van der Waals surface area contributed by atoms with Gasteiger partial charge in [-0.1, -0.05) is 48.0 Å². The van der Waals surface area contributed by atoms with Crippen LogP contribution in [0.2, 0.25) is 5.02 Å². The Balaban J connectivity index is 1.60. The van der Waals surface area contributed by atoms with Gasteiger partial charge in [-0.25, -0.2) is 0 Å². The number of carbonyl (C=O) groups excluding carboxylic acids is 1. The van der Waals surface area contributed by atoms with Crippen molar-refractivity contribution in [1.29, 1.82) is 0 Å². The summed E-state index contributed by atoms with van der Waals surface area (Å²) in [6.07, 6.45) is 2.16. The molecule has 5 heteroatoms. The first kappa shape index (κ1) is 18.7. The van der Waals surface area contributed by atoms with E-state index in [1.165, 1.54) is 0 Å². The molecule has 0 spiro atoms. The number of carbonyl (C=O) groups is 1. The number of likely N-dealkylation sites (tertiary alicyclic amines) is 1. The van der Waals surface area contributed by atoms with E-state index in [1.807, 2.05) is 53.4 Å². The van der Waals surface area contributed by atoms with Crippen molar-refractivity contribution in [3.8, 4) is 16.9 Å². The summed E-state index contributed by atoms with van der Waals surface area (Å²) in [4.78, 5) is 16.5. The second-order valence-electron chi connectivity index (χ2n) is 6.90. The van der Waals surface area contributed by atoms with E-state index in [0.29, 0.717) is 16.8 Å². The maximum absolute atomic E-state index is 12.5. The van der Waals surface area contributed by atoms with Gasteiger partial charge in [0, 0.05) is 19.1 Å². The lowest BCUT2D eigenvalue weighted by Crippen LogP contribution is -2.48. The van der Waals surface area contributed by atoms with Crippen LogP contribution in [0.25, 0.3) is 11.1 Å². The Morgan fingerprint density at radius 3 is 2.65 bits per heavy atom. The molecule has 4 nitrogen and oxygen atoms in total. The van der Waals surface area contributed by atoms with Crippen molar-refractivity contribution in [2.24, 2.45) is 0 Å². The third-order valence-corrected chi connectivity index (χ3v) is 5.17. The summed E-state index contributed by atoms with van der Waals surface area (Å²) in [5, 5.41) is 0.518. The van der Waals surface area contributed by atoms with Gasteiger partial charge in [0.25, 0.3) is 5.91 Å². The topological polar surface area (TPSA) is 32.8 Å². The van der Waals surface area contributed by atoms with Crippen LogP contribution < -0.4 is 4.74 Å². The third-order valence-electron chi connectivity index (χ3n) is 4.87. The average Bonchev–Trinajstić information content (AvgIpc) is 2.67. The summed E-state index contributed by atoms with van der Waals surface area (Å²) < 4.78 is 5.70. The van der Waals surface area contributed by atoms with E-state index in [2.05, 4.69) is 19.0 Å². The Labute approximate surface area is 160 Å². The van der Waals surface area contributed by atoms with Gasteiger partial charge in [-0.15, -0.1) is 0 Å². The van der Waals surface area contributed by atoms with Gasteiger partial charge < -0.3 is 14.5 Å². The van der Waals surface area contributed by atoms with E-state index in [9.17, 15) is 4.79 Å². The van der Waals surface area contributed by atoms with Crippen LogP contribution in [0.15, 0.2) is 48.5 Å². The fourth-order valence-electron chi connectivity index (χ4n) is 3.26. The zero-order chi connectivity index (χ0) is 18.5. The molecule has 26 heavy (non-hydrogen) atoms. The minimum atomic E-state index is 0.0137. The number of ether oxygens (including phenoxy) is 1. The number of nitrogens with zero attached hydrogens (tertiary/aromatic N) is 2. The van der Waals surface area contributed by atoms with Crippen LogP contribution >= 0.6 is 11.6 Å². The lowest BCUT2D eigenvalue weighted by molar-refractivity contribution is -0.135. The molecule has 138 valence electrons. The molecule has 0 bridgehead atoms. The summed E-state index contributed by atoms with van der Waals surface area (Å²) in [5.41, 5.74) is 2.12. The lowest BCUT2D eigenvalue weighted by atomic mass is 10.1. The van der Waals surface area contributed by atoms with E-state index < -0.39 is 0 Å². The summed E-state index contributed by atoms with van der Waals surface area (Å²) in [6.45, 7) is 1.58. The molecule has 1 fully saturated rings. The normalized spacial score (nSPS) is 17.4. The molecule has 0 radical (unpaired) electrons. The van der Waals surface area contributed by atoms with Crippen LogP contribution in [0.5, 0.6) is 5.75 Å². The highest BCUT2D eigenvalue weighted by Crippen LogP contribution is 2.30. The molecular weight excluding hydrogens is 348 g/mol. The van der Waals surface area contributed by atoms with E-state index in [0.717, 1.165) is 37.1 Å². The smallest absolute Gasteiger partial charge is 0.260 e. The number of amides is 1. The molecule has 0 aromatic heterocycles. The van der Waals surface area contributed by atoms with Gasteiger partial charge in [0.2, 0.25) is 0 Å². The van der Waals surface area contributed by atoms with Crippen molar-refractivity contribution in [1.82, 2.24) is 9.80 Å². The highest BCUT2D eigenvalue weighted by atomic mass is 35.5. The number of benzene rings is 2. The van der Waals surface area contributed by atoms with Crippen molar-refractivity contribution < 1.29 is 9.53 Å². The van der Waals surface area contributed by atoms with Gasteiger partial charge in [-0.3, -0.25) is 4.79 Å². The Hall–Kier alpha value is -2.04. The third kappa shape index (κ3) is 4.57. The van der Waals surface area contributed by atoms with Gasteiger partial charge in [0.1, 0.15) is 5.75 Å². The number of likely N-dealkylation sites (N-methyl/N-ethyl adjacent to an activating group) is 1. The molecule has 2 aromatic rings. The van der Waals surface area contributed by atoms with Crippen molar-refractivity contribution >= 4 is 17.5 Å². The van der Waals surface area contributed by atoms with Gasteiger partial charge in [-0.05, 0) is 50.2 Å². The van der Waals surface area contributed by atoms with Crippen molar-refractivity contribution in [2.75, 3.05) is 33.8 Å². The largest absolute Gasteiger partial charge is 0.482 e. The first-order valence-electron chi connectivity index (χ1n) is 8.96. The minimum absolute atomic E-state index is 0.0137. The zero-order valence-corrected chi connectivity index (χ0v) is 16.1. The van der Waals surface area contributed by atoms with E-state index >= 15 is 0 Å². The van der Waals surface area contributed by atoms with Crippen LogP contribution in [-0.2, 0) is 4.79 Å². The molecule has 1 aliphatic rings. The van der Waals surface area contributed by atoms with Gasteiger partial charge in [0.05, 0.1) is 5.02 Å². The molecule has 1 unspecified atom stereocenters. The second-order valence-corrected chi connectivity index (χ2v) is 7.31. The van der Waals surface area contributed by atoms with Crippen LogP contribution in [-0.4, -0.2) is 55.5 Å². The van der Waals surface area contributed by atoms with Gasteiger partial charge in [-0.2, -0.15) is 0 Å². The standard InChI is InChI=1S/C21H25ClN2O2/c1-23(2)18-9-6-12-24(14-18)21(25)15-26-20-11-10-17(13-19(20)22)16-7-4-3-5-8-16/h3-5,7-8,10-11,13,18H,6,9,12,14-15H2,1-2H3. The lowest BCUT2D eigenvalue weighted by Gasteiger charge is -2.36. The molecule has 1 saturated heterocycles. The Morgan fingerprint density at radius 2 is 1.96 bits per heavy atom. The Bertz CT molecular complexity index is 749. The summed E-state index contributed by atoms with van der Waals surface area (Å²) in [5.74, 6) is 0.556. The molecule has 1 aliphatic heterocycles. The first-order chi connectivity index (χ1) is 12.5. The summed E-state index contributed by atoms with van der Waals surface area (Å²) in [6, 6.07) is 16.1. The molecule has 2 aromatic carbocycles. The van der Waals surface area contributed by atoms with Crippen LogP contribution in [0.4, 0.5) is 0 Å². The van der Waals surface area contributed by atoms with E-state index in [4.69, 9.17) is 16.3 Å². The molecule has 1 amide bonds. The number of hydrogen-bond acceptors (Lipinski definition) is 3. The minimum Gasteiger partial charge on any atom is -0.482 e. The summed E-state index contributed by atoms with van der Waals surface area (Å²) >= 11 is 6.36. The van der Waals surface area contributed by atoms with Gasteiger partial charge >= 0.3 is 0 Å². The highest BCUT2D eigenvalue weighted by molar-refractivity contribution is 6.32. The zero-order valence-electron chi connectivity index (χ0n) is 15.3. The summed E-state index contributed by atoms with van der Waals surface area (Å²) in [7, 11) is 4.12. The fraction of sp³-hybridized carbons (Fsp3) is 0.381. The predicted octanol–water partition coefficient (Wildman–Crippen LogP) is 3.94. The molecular formula is C21H25ClN2O2. The molecule has 0 aliphatic carbocycles. The van der Waals surface area contributed by atoms with Crippen LogP contribution in [0, 0.1) is 0 Å². The second kappa shape index (κ2) is 8.56. The Morgan fingerprint density at radius 1 is 1.19 bits per heavy atom. The monoisotopic (exact) mass is 372 g/mol. The van der Waals surface area contributed by atoms with Crippen molar-refractivity contribution in [2.45, 2.75) is 18.9 Å². The first-order valence-corrected chi connectivity index (χ1v) is 9.34. The van der Waals surface area contributed by atoms with E-state index in [1.54, 1.807) is 0 Å². The molecule has 0 saturated carbocycles. The molecule has 1 heterocycles. The maximum atomic E-state index is 12.5. The van der Waals surface area contributed by atoms with Crippen LogP contribution in [0.1, 0.15) is 12.8 Å². The number of rotatable bonds is 5. The van der Waals surface area contributed by atoms with Crippen LogP contribution in [0.3, 0.4) is 0 Å². The number of piperidine rings is 1. The quantitative estimate of drug-likeness (QED) is 0.797. The fourth-order valence-corrected chi connectivity index (χ4v) is 3.50. The molecule has 3 rings (SSSR count). The molecule has 1 atom stereocenters. The maximum Gasteiger partial charge on any atom is 0.260 e. The molecule has 0 N–H and O–H groups in total. The predicted molar refractivity (Wildman–Crippen MR) is 106 cm³/mol. The van der Waals surface area contributed by atoms with Crippen molar-refractivity contribution in [3.05, 3.63) is 53.6 Å². The number of hydrogen-bond donors (Lipinski definition) is 0. The number of halogens is 1. The van der Waals surface area contributed by atoms with Crippen molar-refractivity contribution in [3.63, 3.8) is 0 Å². The average molecular weight is 373 g/mol. The van der Waals surface area contributed by atoms with E-state index in [-0.39, 0.29) is 12.5 Å².